The predicted molar refractivity (Wildman–Crippen MR) is 66.7 cm³/mol. The first-order chi connectivity index (χ1) is 6.38. The van der Waals surface area contributed by atoms with Crippen LogP contribution in [0.15, 0.2) is 33.7 Å². The maximum Gasteiger partial charge on any atom is 0.143 e. The molecule has 1 rings (SSSR count). The molecule has 1 N–H and O–H groups in total. The van der Waals surface area contributed by atoms with Gasteiger partial charge in [0.05, 0.1) is 8.95 Å². The molecule has 0 saturated heterocycles. The largest absolute Gasteiger partial charge is 0.506 e. The highest BCUT2D eigenvalue weighted by Gasteiger charge is 2.18. The van der Waals surface area contributed by atoms with E-state index >= 15 is 0 Å². The van der Waals surface area contributed by atoms with Gasteiger partial charge in [0.25, 0.3) is 0 Å². The van der Waals surface area contributed by atoms with Crippen molar-refractivity contribution in [3.05, 3.63) is 39.3 Å². The maximum atomic E-state index is 9.55. The molecule has 0 spiro atoms. The fourth-order valence-electron chi connectivity index (χ4n) is 1.06. The molecular formula is C11H12Br2O. The van der Waals surface area contributed by atoms with Gasteiger partial charge >= 0.3 is 0 Å². The van der Waals surface area contributed by atoms with Crippen molar-refractivity contribution in [3.63, 3.8) is 0 Å². The molecule has 3 heteroatoms. The monoisotopic (exact) mass is 318 g/mol. The number of rotatable bonds is 2. The van der Waals surface area contributed by atoms with E-state index in [4.69, 9.17) is 0 Å². The summed E-state index contributed by atoms with van der Waals surface area (Å²) in [6.07, 6.45) is 1.89. The van der Waals surface area contributed by atoms with Crippen molar-refractivity contribution in [2.75, 3.05) is 0 Å². The van der Waals surface area contributed by atoms with Crippen LogP contribution in [0.1, 0.15) is 19.4 Å². The van der Waals surface area contributed by atoms with Gasteiger partial charge < -0.3 is 5.11 Å². The summed E-state index contributed by atoms with van der Waals surface area (Å²) in [7, 11) is 0. The Labute approximate surface area is 101 Å². The Bertz CT molecular complexity index is 347. The van der Waals surface area contributed by atoms with Crippen LogP contribution in [-0.2, 0) is 5.41 Å². The number of hydrogen-bond donors (Lipinski definition) is 1. The summed E-state index contributed by atoms with van der Waals surface area (Å²) in [5.41, 5.74) is 1.00. The average molecular weight is 320 g/mol. The SMILES string of the molecule is C=CC(C)(C)c1cc(Br)c(O)c(Br)c1. The van der Waals surface area contributed by atoms with Crippen molar-refractivity contribution in [2.45, 2.75) is 19.3 Å². The van der Waals surface area contributed by atoms with Crippen LogP contribution in [0.5, 0.6) is 5.75 Å². The van der Waals surface area contributed by atoms with Gasteiger partial charge in [-0.2, -0.15) is 0 Å². The normalized spacial score (nSPS) is 11.4. The molecule has 0 radical (unpaired) electrons. The highest BCUT2D eigenvalue weighted by molar-refractivity contribution is 9.11. The van der Waals surface area contributed by atoms with Gasteiger partial charge in [0.2, 0.25) is 0 Å². The number of halogens is 2. The lowest BCUT2D eigenvalue weighted by molar-refractivity contribution is 0.467. The fraction of sp³-hybridized carbons (Fsp3) is 0.273. The van der Waals surface area contributed by atoms with E-state index in [1.54, 1.807) is 0 Å². The van der Waals surface area contributed by atoms with Gasteiger partial charge in [0.1, 0.15) is 5.75 Å². The first-order valence-corrected chi connectivity index (χ1v) is 5.79. The van der Waals surface area contributed by atoms with Gasteiger partial charge in [-0.05, 0) is 49.6 Å². The first-order valence-electron chi connectivity index (χ1n) is 4.20. The molecule has 1 nitrogen and oxygen atoms in total. The summed E-state index contributed by atoms with van der Waals surface area (Å²) in [6, 6.07) is 3.81. The topological polar surface area (TPSA) is 20.2 Å². The van der Waals surface area contributed by atoms with E-state index in [2.05, 4.69) is 52.3 Å². The third-order valence-corrected chi connectivity index (χ3v) is 3.48. The molecule has 14 heavy (non-hydrogen) atoms. The van der Waals surface area contributed by atoms with Crippen LogP contribution in [-0.4, -0.2) is 5.11 Å². The van der Waals surface area contributed by atoms with Crippen molar-refractivity contribution in [3.8, 4) is 5.75 Å². The van der Waals surface area contributed by atoms with Crippen LogP contribution in [0, 0.1) is 0 Å². The molecule has 0 heterocycles. The molecule has 0 fully saturated rings. The minimum absolute atomic E-state index is 0.0985. The number of benzene rings is 1. The fourth-order valence-corrected chi connectivity index (χ4v) is 2.24. The van der Waals surface area contributed by atoms with Crippen LogP contribution in [0.25, 0.3) is 0 Å². The van der Waals surface area contributed by atoms with Crippen LogP contribution in [0.2, 0.25) is 0 Å². The summed E-state index contributed by atoms with van der Waals surface area (Å²) in [6.45, 7) is 7.95. The third kappa shape index (κ3) is 2.20. The van der Waals surface area contributed by atoms with Crippen molar-refractivity contribution < 1.29 is 5.11 Å². The molecule has 1 aromatic carbocycles. The summed E-state index contributed by atoms with van der Waals surface area (Å²) in [5, 5.41) is 9.55. The highest BCUT2D eigenvalue weighted by atomic mass is 79.9. The average Bonchev–Trinajstić information content (AvgIpc) is 2.13. The second kappa shape index (κ2) is 4.07. The molecule has 0 aliphatic heterocycles. The smallest absolute Gasteiger partial charge is 0.143 e. The summed E-state index contributed by atoms with van der Waals surface area (Å²) in [4.78, 5) is 0. The zero-order chi connectivity index (χ0) is 10.9. The van der Waals surface area contributed by atoms with Gasteiger partial charge in [0, 0.05) is 5.41 Å². The van der Waals surface area contributed by atoms with Gasteiger partial charge in [-0.15, -0.1) is 6.58 Å². The van der Waals surface area contributed by atoms with E-state index in [1.165, 1.54) is 0 Å². The van der Waals surface area contributed by atoms with E-state index in [1.807, 2.05) is 18.2 Å². The number of aromatic hydroxyl groups is 1. The van der Waals surface area contributed by atoms with Gasteiger partial charge in [-0.1, -0.05) is 19.9 Å². The van der Waals surface area contributed by atoms with E-state index in [0.717, 1.165) is 5.56 Å². The second-order valence-corrected chi connectivity index (χ2v) is 5.42. The van der Waals surface area contributed by atoms with Crippen LogP contribution in [0.4, 0.5) is 0 Å². The van der Waals surface area contributed by atoms with Crippen LogP contribution >= 0.6 is 31.9 Å². The van der Waals surface area contributed by atoms with E-state index in [-0.39, 0.29) is 11.2 Å². The third-order valence-electron chi connectivity index (χ3n) is 2.27. The van der Waals surface area contributed by atoms with E-state index < -0.39 is 0 Å². The molecule has 0 aromatic heterocycles. The Morgan fingerprint density at radius 1 is 1.29 bits per heavy atom. The number of phenols is 1. The zero-order valence-corrected chi connectivity index (χ0v) is 11.3. The Morgan fingerprint density at radius 3 is 2.07 bits per heavy atom. The number of hydrogen-bond acceptors (Lipinski definition) is 1. The van der Waals surface area contributed by atoms with Crippen molar-refractivity contribution >= 4 is 31.9 Å². The molecular weight excluding hydrogens is 308 g/mol. The number of phenolic OH excluding ortho intramolecular Hbond substituents is 1. The summed E-state index contributed by atoms with van der Waals surface area (Å²) < 4.78 is 1.38. The van der Waals surface area contributed by atoms with Gasteiger partial charge in [0.15, 0.2) is 0 Å². The molecule has 1 aromatic rings. The van der Waals surface area contributed by atoms with Crippen LogP contribution < -0.4 is 0 Å². The van der Waals surface area contributed by atoms with Crippen molar-refractivity contribution in [1.82, 2.24) is 0 Å². The zero-order valence-electron chi connectivity index (χ0n) is 8.14. The minimum atomic E-state index is -0.0985. The van der Waals surface area contributed by atoms with E-state index in [9.17, 15) is 5.11 Å². The molecule has 0 amide bonds. The van der Waals surface area contributed by atoms with Crippen LogP contribution in [0.3, 0.4) is 0 Å². The Morgan fingerprint density at radius 2 is 1.71 bits per heavy atom. The Balaban J connectivity index is 3.32. The Hall–Kier alpha value is -0.280. The standard InChI is InChI=1S/C11H12Br2O/c1-4-11(2,3)7-5-8(12)10(14)9(13)6-7/h4-6,14H,1H2,2-3H3. The highest BCUT2D eigenvalue weighted by Crippen LogP contribution is 2.37. The lowest BCUT2D eigenvalue weighted by Gasteiger charge is -2.21. The van der Waals surface area contributed by atoms with E-state index in [0.29, 0.717) is 8.95 Å². The first kappa shape index (κ1) is 11.8. The molecule has 0 saturated carbocycles. The predicted octanol–water partition coefficient (Wildman–Crippen LogP) is 4.38. The lowest BCUT2D eigenvalue weighted by Crippen LogP contribution is -2.12. The van der Waals surface area contributed by atoms with Crippen molar-refractivity contribution in [2.24, 2.45) is 0 Å². The lowest BCUT2D eigenvalue weighted by atomic mass is 9.85. The second-order valence-electron chi connectivity index (χ2n) is 3.71. The quantitative estimate of drug-likeness (QED) is 0.802. The summed E-state index contributed by atoms with van der Waals surface area (Å²) >= 11 is 6.61. The molecule has 76 valence electrons. The number of allylic oxidation sites excluding steroid dienone is 1. The van der Waals surface area contributed by atoms with Gasteiger partial charge in [-0.3, -0.25) is 0 Å². The van der Waals surface area contributed by atoms with Gasteiger partial charge in [-0.25, -0.2) is 0 Å². The molecule has 0 aliphatic carbocycles. The Kier molecular flexibility index (Phi) is 3.43. The van der Waals surface area contributed by atoms with Crippen molar-refractivity contribution in [1.29, 1.82) is 0 Å². The molecule has 0 aliphatic rings. The molecule has 0 bridgehead atoms. The summed E-state index contributed by atoms with van der Waals surface area (Å²) in [5.74, 6) is 0.230. The maximum absolute atomic E-state index is 9.55. The molecule has 0 atom stereocenters. The molecule has 0 unspecified atom stereocenters. The minimum Gasteiger partial charge on any atom is -0.506 e.